The first-order chi connectivity index (χ1) is 9.87. The molecule has 2 bridgehead atoms. The summed E-state index contributed by atoms with van der Waals surface area (Å²) in [5, 5.41) is 9.71. The third kappa shape index (κ3) is 2.34. The molecule has 0 radical (unpaired) electrons. The molecule has 0 spiro atoms. The van der Waals surface area contributed by atoms with E-state index in [4.69, 9.17) is 4.74 Å². The van der Waals surface area contributed by atoms with Crippen LogP contribution in [0.15, 0.2) is 18.2 Å². The lowest BCUT2D eigenvalue weighted by Crippen LogP contribution is -2.43. The van der Waals surface area contributed by atoms with E-state index in [1.807, 2.05) is 6.92 Å². The van der Waals surface area contributed by atoms with Crippen LogP contribution in [0, 0.1) is 5.82 Å². The maximum Gasteiger partial charge on any atom is 0.156 e. The van der Waals surface area contributed by atoms with Crippen molar-refractivity contribution in [3.63, 3.8) is 0 Å². The highest BCUT2D eigenvalue weighted by atomic mass is 32.2. The molecule has 0 aliphatic carbocycles. The summed E-state index contributed by atoms with van der Waals surface area (Å²) in [5.41, 5.74) is -1.22. The van der Waals surface area contributed by atoms with Gasteiger partial charge in [0.1, 0.15) is 11.6 Å². The second-order valence-corrected chi connectivity index (χ2v) is 8.44. The zero-order valence-corrected chi connectivity index (χ0v) is 12.7. The van der Waals surface area contributed by atoms with Gasteiger partial charge in [0.25, 0.3) is 0 Å². The van der Waals surface area contributed by atoms with Crippen LogP contribution in [-0.2, 0) is 15.4 Å². The van der Waals surface area contributed by atoms with Gasteiger partial charge in [-0.25, -0.2) is 12.8 Å². The molecular formula is C15H19FO4S. The number of hydrogen-bond acceptors (Lipinski definition) is 4. The average Bonchev–Trinajstić information content (AvgIpc) is 2.60. The summed E-state index contributed by atoms with van der Waals surface area (Å²) >= 11 is 0. The molecule has 2 saturated heterocycles. The van der Waals surface area contributed by atoms with Gasteiger partial charge in [-0.2, -0.15) is 0 Å². The minimum Gasteiger partial charge on any atom is -0.494 e. The smallest absolute Gasteiger partial charge is 0.156 e. The predicted octanol–water partition coefficient (Wildman–Crippen LogP) is 2.15. The first-order valence-corrected chi connectivity index (χ1v) is 8.85. The molecule has 116 valence electrons. The standard InChI is InChI=1S/C15H19FO4S/c1-2-20-10-3-6-13(14(16)7-10)15(17)8-11-4-5-12(9-15)21(11,18)19/h3,6-7,11-12,17H,2,4-5,8-9H2,1H3. The van der Waals surface area contributed by atoms with E-state index in [0.717, 1.165) is 0 Å². The van der Waals surface area contributed by atoms with Crippen LogP contribution < -0.4 is 4.74 Å². The van der Waals surface area contributed by atoms with E-state index in [1.165, 1.54) is 12.1 Å². The van der Waals surface area contributed by atoms with E-state index >= 15 is 0 Å². The quantitative estimate of drug-likeness (QED) is 0.928. The van der Waals surface area contributed by atoms with Crippen LogP contribution in [0.2, 0.25) is 0 Å². The molecule has 1 N–H and O–H groups in total. The summed E-state index contributed by atoms with van der Waals surface area (Å²) in [6.45, 7) is 2.24. The predicted molar refractivity (Wildman–Crippen MR) is 76.4 cm³/mol. The van der Waals surface area contributed by atoms with Crippen molar-refractivity contribution in [1.82, 2.24) is 0 Å². The fourth-order valence-electron chi connectivity index (χ4n) is 3.60. The molecule has 2 heterocycles. The number of sulfone groups is 1. The summed E-state index contributed by atoms with van der Waals surface area (Å²) < 4.78 is 43.7. The Hall–Kier alpha value is -1.14. The van der Waals surface area contributed by atoms with E-state index in [1.54, 1.807) is 6.07 Å². The molecule has 2 aliphatic rings. The molecule has 1 aromatic rings. The van der Waals surface area contributed by atoms with Crippen LogP contribution in [0.5, 0.6) is 5.75 Å². The van der Waals surface area contributed by atoms with Crippen molar-refractivity contribution in [3.8, 4) is 5.75 Å². The molecule has 1 aromatic carbocycles. The van der Waals surface area contributed by atoms with Crippen LogP contribution in [0.1, 0.15) is 38.2 Å². The molecular weight excluding hydrogens is 295 g/mol. The van der Waals surface area contributed by atoms with Crippen LogP contribution in [0.25, 0.3) is 0 Å². The van der Waals surface area contributed by atoms with Gasteiger partial charge in [0, 0.05) is 11.6 Å². The summed E-state index contributed by atoms with van der Waals surface area (Å²) in [5.74, 6) is -0.129. The van der Waals surface area contributed by atoms with Crippen LogP contribution in [-0.4, -0.2) is 30.6 Å². The van der Waals surface area contributed by atoms with Gasteiger partial charge < -0.3 is 9.84 Å². The van der Waals surface area contributed by atoms with E-state index < -0.39 is 31.8 Å². The maximum atomic E-state index is 14.3. The zero-order valence-electron chi connectivity index (χ0n) is 11.9. The van der Waals surface area contributed by atoms with Crippen molar-refractivity contribution in [1.29, 1.82) is 0 Å². The van der Waals surface area contributed by atoms with Crippen molar-refractivity contribution in [2.24, 2.45) is 0 Å². The Morgan fingerprint density at radius 3 is 2.48 bits per heavy atom. The maximum absolute atomic E-state index is 14.3. The highest BCUT2D eigenvalue weighted by Crippen LogP contribution is 2.48. The molecule has 0 aromatic heterocycles. The summed E-state index contributed by atoms with van der Waals surface area (Å²) in [4.78, 5) is 0. The average molecular weight is 314 g/mol. The molecule has 2 unspecified atom stereocenters. The Morgan fingerprint density at radius 2 is 1.95 bits per heavy atom. The molecule has 6 heteroatoms. The number of hydrogen-bond donors (Lipinski definition) is 1. The highest BCUT2D eigenvalue weighted by molar-refractivity contribution is 7.93. The molecule has 2 atom stereocenters. The van der Waals surface area contributed by atoms with Gasteiger partial charge in [-0.15, -0.1) is 0 Å². The van der Waals surface area contributed by atoms with Crippen molar-refractivity contribution in [2.45, 2.75) is 48.7 Å². The summed E-state index contributed by atoms with van der Waals surface area (Å²) in [7, 11) is -3.14. The lowest BCUT2D eigenvalue weighted by molar-refractivity contribution is 0.0139. The fraction of sp³-hybridized carbons (Fsp3) is 0.600. The number of rotatable bonds is 3. The van der Waals surface area contributed by atoms with Gasteiger partial charge in [-0.3, -0.25) is 0 Å². The SMILES string of the molecule is CCOc1ccc(C2(O)CC3CCC(C2)S3(=O)=O)c(F)c1. The minimum absolute atomic E-state index is 0.0801. The molecule has 21 heavy (non-hydrogen) atoms. The van der Waals surface area contributed by atoms with Crippen molar-refractivity contribution in [3.05, 3.63) is 29.6 Å². The van der Waals surface area contributed by atoms with Crippen molar-refractivity contribution in [2.75, 3.05) is 6.61 Å². The third-order valence-corrected chi connectivity index (χ3v) is 7.29. The number of aliphatic hydroxyl groups is 1. The van der Waals surface area contributed by atoms with E-state index in [0.29, 0.717) is 25.2 Å². The normalized spacial score (nSPS) is 33.9. The molecule has 2 fully saturated rings. The molecule has 0 saturated carbocycles. The van der Waals surface area contributed by atoms with Gasteiger partial charge in [-0.05, 0) is 44.7 Å². The van der Waals surface area contributed by atoms with Gasteiger partial charge in [0.05, 0.1) is 22.7 Å². The lowest BCUT2D eigenvalue weighted by Gasteiger charge is -2.36. The second kappa shape index (κ2) is 4.95. The summed E-state index contributed by atoms with van der Waals surface area (Å²) in [6.07, 6.45) is 1.29. The summed E-state index contributed by atoms with van der Waals surface area (Å²) in [6, 6.07) is 4.38. The van der Waals surface area contributed by atoms with Gasteiger partial charge >= 0.3 is 0 Å². The minimum atomic E-state index is -3.14. The monoisotopic (exact) mass is 314 g/mol. The van der Waals surface area contributed by atoms with Crippen LogP contribution >= 0.6 is 0 Å². The molecule has 3 rings (SSSR count). The van der Waals surface area contributed by atoms with Crippen molar-refractivity contribution < 1.29 is 22.7 Å². The number of halogens is 1. The molecule has 0 amide bonds. The van der Waals surface area contributed by atoms with Gasteiger partial charge in [0.15, 0.2) is 9.84 Å². The lowest BCUT2D eigenvalue weighted by atomic mass is 9.85. The van der Waals surface area contributed by atoms with E-state index in [2.05, 4.69) is 0 Å². The second-order valence-electron chi connectivity index (χ2n) is 5.92. The van der Waals surface area contributed by atoms with Crippen molar-refractivity contribution >= 4 is 9.84 Å². The Balaban J connectivity index is 1.94. The molecule has 4 nitrogen and oxygen atoms in total. The Bertz CT molecular complexity index is 636. The number of fused-ring (bicyclic) bond motifs is 2. The van der Waals surface area contributed by atoms with E-state index in [-0.39, 0.29) is 18.4 Å². The molecule has 2 aliphatic heterocycles. The van der Waals surface area contributed by atoms with Crippen LogP contribution in [0.3, 0.4) is 0 Å². The Labute approximate surface area is 123 Å². The largest absolute Gasteiger partial charge is 0.494 e. The van der Waals surface area contributed by atoms with Crippen LogP contribution in [0.4, 0.5) is 4.39 Å². The van der Waals surface area contributed by atoms with Gasteiger partial charge in [-0.1, -0.05) is 0 Å². The van der Waals surface area contributed by atoms with E-state index in [9.17, 15) is 17.9 Å². The van der Waals surface area contributed by atoms with Gasteiger partial charge in [0.2, 0.25) is 0 Å². The third-order valence-electron chi connectivity index (χ3n) is 4.62. The zero-order chi connectivity index (χ0) is 15.3. The fourth-order valence-corrected chi connectivity index (χ4v) is 6.08. The first kappa shape index (κ1) is 14.8. The Morgan fingerprint density at radius 1 is 1.33 bits per heavy atom. The first-order valence-electron chi connectivity index (χ1n) is 7.25. The topological polar surface area (TPSA) is 63.6 Å². The Kier molecular flexibility index (Phi) is 3.48. The number of benzene rings is 1. The number of ether oxygens (including phenoxy) is 1. The highest BCUT2D eigenvalue weighted by Gasteiger charge is 2.53.